The standard InChI is InChI=1S/C20H22FN5O3/c1-25-12-15(19(23-25)28-2)20(27)26-9-5-6-13(11-26)10-17-22-18(24-29-17)14-7-3-4-8-16(14)21/h3-4,7-8,12-13H,5-6,9-11H2,1-2H3. The van der Waals surface area contributed by atoms with E-state index in [1.807, 2.05) is 4.90 Å². The molecule has 1 atom stereocenters. The predicted octanol–water partition coefficient (Wildman–Crippen LogP) is 2.71. The van der Waals surface area contributed by atoms with Crippen LogP contribution >= 0.6 is 0 Å². The van der Waals surface area contributed by atoms with Crippen molar-refractivity contribution in [2.24, 2.45) is 13.0 Å². The summed E-state index contributed by atoms with van der Waals surface area (Å²) >= 11 is 0. The lowest BCUT2D eigenvalue weighted by molar-refractivity contribution is 0.0664. The minimum Gasteiger partial charge on any atom is -0.479 e. The number of benzene rings is 1. The second kappa shape index (κ2) is 8.02. The number of rotatable bonds is 5. The molecule has 3 aromatic rings. The zero-order valence-electron chi connectivity index (χ0n) is 16.3. The number of halogens is 1. The van der Waals surface area contributed by atoms with Crippen molar-refractivity contribution in [2.75, 3.05) is 20.2 Å². The topological polar surface area (TPSA) is 86.3 Å². The van der Waals surface area contributed by atoms with Gasteiger partial charge in [-0.1, -0.05) is 17.3 Å². The van der Waals surface area contributed by atoms with Gasteiger partial charge in [-0.3, -0.25) is 9.48 Å². The van der Waals surface area contributed by atoms with Crippen molar-refractivity contribution in [3.8, 4) is 17.3 Å². The highest BCUT2D eigenvalue weighted by Gasteiger charge is 2.29. The Bertz CT molecular complexity index is 1020. The highest BCUT2D eigenvalue weighted by molar-refractivity contribution is 5.96. The molecule has 1 amide bonds. The van der Waals surface area contributed by atoms with E-state index in [0.717, 1.165) is 12.8 Å². The first-order valence-corrected chi connectivity index (χ1v) is 9.49. The number of aryl methyl sites for hydroxylation is 1. The van der Waals surface area contributed by atoms with E-state index in [0.29, 0.717) is 42.4 Å². The van der Waals surface area contributed by atoms with Crippen LogP contribution in [0.5, 0.6) is 5.88 Å². The van der Waals surface area contributed by atoms with Gasteiger partial charge in [0.25, 0.3) is 5.91 Å². The molecule has 9 heteroatoms. The van der Waals surface area contributed by atoms with Crippen molar-refractivity contribution in [1.82, 2.24) is 24.8 Å². The third-order valence-electron chi connectivity index (χ3n) is 5.07. The monoisotopic (exact) mass is 399 g/mol. The predicted molar refractivity (Wildman–Crippen MR) is 102 cm³/mol. The minimum absolute atomic E-state index is 0.0998. The van der Waals surface area contributed by atoms with Gasteiger partial charge in [-0.05, 0) is 30.9 Å². The number of aromatic nitrogens is 4. The first-order chi connectivity index (χ1) is 14.0. The largest absolute Gasteiger partial charge is 0.479 e. The quantitative estimate of drug-likeness (QED) is 0.656. The van der Waals surface area contributed by atoms with Crippen molar-refractivity contribution in [1.29, 1.82) is 0 Å². The summed E-state index contributed by atoms with van der Waals surface area (Å²) in [5.74, 6) is 0.704. The third-order valence-corrected chi connectivity index (χ3v) is 5.07. The summed E-state index contributed by atoms with van der Waals surface area (Å²) in [6, 6.07) is 6.32. The van der Waals surface area contributed by atoms with Crippen LogP contribution in [-0.2, 0) is 13.5 Å². The van der Waals surface area contributed by atoms with E-state index in [1.54, 1.807) is 36.1 Å². The van der Waals surface area contributed by atoms with E-state index in [4.69, 9.17) is 9.26 Å². The van der Waals surface area contributed by atoms with Gasteiger partial charge in [-0.15, -0.1) is 5.10 Å². The smallest absolute Gasteiger partial charge is 0.260 e. The average Bonchev–Trinajstić information content (AvgIpc) is 3.34. The van der Waals surface area contributed by atoms with Crippen molar-refractivity contribution in [3.05, 3.63) is 47.7 Å². The summed E-state index contributed by atoms with van der Waals surface area (Å²) in [6.45, 7) is 1.26. The third kappa shape index (κ3) is 3.98. The Hall–Kier alpha value is -3.23. The number of nitrogens with zero attached hydrogens (tertiary/aromatic N) is 5. The molecule has 2 aromatic heterocycles. The van der Waals surface area contributed by atoms with Crippen LogP contribution < -0.4 is 4.74 Å². The van der Waals surface area contributed by atoms with E-state index < -0.39 is 0 Å². The van der Waals surface area contributed by atoms with Crippen molar-refractivity contribution in [2.45, 2.75) is 19.3 Å². The maximum absolute atomic E-state index is 13.9. The molecule has 1 aliphatic heterocycles. The second-order valence-electron chi connectivity index (χ2n) is 7.18. The van der Waals surface area contributed by atoms with Crippen LogP contribution in [0.3, 0.4) is 0 Å². The fraction of sp³-hybridized carbons (Fsp3) is 0.400. The molecule has 29 heavy (non-hydrogen) atoms. The second-order valence-corrected chi connectivity index (χ2v) is 7.18. The van der Waals surface area contributed by atoms with Gasteiger partial charge in [0.2, 0.25) is 17.6 Å². The van der Waals surface area contributed by atoms with Crippen LogP contribution in [0.2, 0.25) is 0 Å². The number of likely N-dealkylation sites (tertiary alicyclic amines) is 1. The zero-order valence-corrected chi connectivity index (χ0v) is 16.3. The highest BCUT2D eigenvalue weighted by Crippen LogP contribution is 2.25. The van der Waals surface area contributed by atoms with Crippen LogP contribution in [0.15, 0.2) is 35.0 Å². The van der Waals surface area contributed by atoms with E-state index >= 15 is 0 Å². The molecule has 3 heterocycles. The number of hydrogen-bond acceptors (Lipinski definition) is 6. The number of methoxy groups -OCH3 is 1. The van der Waals surface area contributed by atoms with Crippen LogP contribution in [0.25, 0.3) is 11.4 Å². The summed E-state index contributed by atoms with van der Waals surface area (Å²) in [6.07, 6.45) is 4.04. The number of hydrogen-bond donors (Lipinski definition) is 0. The molecule has 0 N–H and O–H groups in total. The first-order valence-electron chi connectivity index (χ1n) is 9.49. The average molecular weight is 399 g/mol. The van der Waals surface area contributed by atoms with Crippen LogP contribution in [0.4, 0.5) is 4.39 Å². The van der Waals surface area contributed by atoms with Crippen LogP contribution in [0.1, 0.15) is 29.1 Å². The van der Waals surface area contributed by atoms with E-state index in [2.05, 4.69) is 15.2 Å². The molecule has 1 saturated heterocycles. The zero-order chi connectivity index (χ0) is 20.4. The number of amides is 1. The maximum Gasteiger partial charge on any atom is 0.260 e. The summed E-state index contributed by atoms with van der Waals surface area (Å²) in [5.41, 5.74) is 0.766. The molecule has 0 bridgehead atoms. The number of piperidine rings is 1. The van der Waals surface area contributed by atoms with Crippen molar-refractivity contribution >= 4 is 5.91 Å². The van der Waals surface area contributed by atoms with Gasteiger partial charge in [-0.25, -0.2) is 4.39 Å². The van der Waals surface area contributed by atoms with Crippen molar-refractivity contribution in [3.63, 3.8) is 0 Å². The van der Waals surface area contributed by atoms with E-state index in [-0.39, 0.29) is 23.5 Å². The van der Waals surface area contributed by atoms with Gasteiger partial charge in [0.15, 0.2) is 0 Å². The molecule has 152 valence electrons. The summed E-state index contributed by atoms with van der Waals surface area (Å²) < 4.78 is 26.0. The summed E-state index contributed by atoms with van der Waals surface area (Å²) in [7, 11) is 3.25. The molecule has 4 rings (SSSR count). The summed E-state index contributed by atoms with van der Waals surface area (Å²) in [4.78, 5) is 19.1. The fourth-order valence-electron chi connectivity index (χ4n) is 3.69. The van der Waals surface area contributed by atoms with Gasteiger partial charge in [0, 0.05) is 32.8 Å². The van der Waals surface area contributed by atoms with E-state index in [1.165, 1.54) is 13.2 Å². The van der Waals surface area contributed by atoms with Gasteiger partial charge < -0.3 is 14.2 Å². The van der Waals surface area contributed by atoms with Gasteiger partial charge in [0.1, 0.15) is 11.4 Å². The van der Waals surface area contributed by atoms with Crippen LogP contribution in [-0.4, -0.2) is 50.9 Å². The SMILES string of the molecule is COc1nn(C)cc1C(=O)N1CCCC(Cc2nc(-c3ccccc3F)no2)C1. The number of carbonyl (C=O) groups is 1. The Balaban J connectivity index is 1.44. The van der Waals surface area contributed by atoms with Crippen LogP contribution in [0, 0.1) is 11.7 Å². The molecule has 0 aliphatic carbocycles. The molecule has 8 nitrogen and oxygen atoms in total. The van der Waals surface area contributed by atoms with Gasteiger partial charge >= 0.3 is 0 Å². The fourth-order valence-corrected chi connectivity index (χ4v) is 3.69. The lowest BCUT2D eigenvalue weighted by atomic mass is 9.94. The Morgan fingerprint density at radius 1 is 1.38 bits per heavy atom. The molecule has 0 radical (unpaired) electrons. The number of ether oxygens (including phenoxy) is 1. The van der Waals surface area contributed by atoms with E-state index in [9.17, 15) is 9.18 Å². The molecular formula is C20H22FN5O3. The normalized spacial score (nSPS) is 16.8. The van der Waals surface area contributed by atoms with Crippen molar-refractivity contribution < 1.29 is 18.4 Å². The molecule has 1 unspecified atom stereocenters. The molecule has 1 fully saturated rings. The minimum atomic E-state index is -0.389. The first kappa shape index (κ1) is 19.1. The number of carbonyl (C=O) groups excluding carboxylic acids is 1. The lowest BCUT2D eigenvalue weighted by Gasteiger charge is -2.32. The summed E-state index contributed by atoms with van der Waals surface area (Å²) in [5, 5.41) is 8.06. The van der Waals surface area contributed by atoms with Gasteiger partial charge in [-0.2, -0.15) is 4.98 Å². The Kier molecular flexibility index (Phi) is 5.28. The molecular weight excluding hydrogens is 377 g/mol. The van der Waals surface area contributed by atoms with Gasteiger partial charge in [0.05, 0.1) is 12.7 Å². The molecule has 1 aromatic carbocycles. The Morgan fingerprint density at radius 2 is 2.21 bits per heavy atom. The Labute approximate surface area is 167 Å². The highest BCUT2D eigenvalue weighted by atomic mass is 19.1. The Morgan fingerprint density at radius 3 is 3.00 bits per heavy atom. The molecule has 1 aliphatic rings. The molecule has 0 spiro atoms. The maximum atomic E-state index is 13.9. The molecule has 0 saturated carbocycles. The lowest BCUT2D eigenvalue weighted by Crippen LogP contribution is -2.40.